The topological polar surface area (TPSA) is 50.8 Å². The summed E-state index contributed by atoms with van der Waals surface area (Å²) < 4.78 is 10.3. The van der Waals surface area contributed by atoms with E-state index >= 15 is 0 Å². The Kier molecular flexibility index (Phi) is 7.23. The molecule has 1 fully saturated rings. The molecule has 0 aromatic rings. The molecule has 1 N–H and O–H groups in total. The molecule has 0 aliphatic carbocycles. The van der Waals surface area contributed by atoms with Crippen molar-refractivity contribution in [2.24, 2.45) is 0 Å². The SMILES string of the molecule is CCCC1NC(C)C(=O)N1CCCOCCOC. The average Bonchev–Trinajstić information content (AvgIpc) is 2.61. The van der Waals surface area contributed by atoms with Crippen molar-refractivity contribution in [3.05, 3.63) is 0 Å². The lowest BCUT2D eigenvalue weighted by atomic mass is 10.2. The lowest BCUT2D eigenvalue weighted by molar-refractivity contribution is -0.130. The van der Waals surface area contributed by atoms with Crippen molar-refractivity contribution >= 4 is 5.91 Å². The van der Waals surface area contributed by atoms with E-state index in [9.17, 15) is 4.79 Å². The van der Waals surface area contributed by atoms with Crippen LogP contribution in [0.25, 0.3) is 0 Å². The lowest BCUT2D eigenvalue weighted by Crippen LogP contribution is -2.38. The minimum atomic E-state index is -0.0454. The smallest absolute Gasteiger partial charge is 0.240 e. The summed E-state index contributed by atoms with van der Waals surface area (Å²) in [7, 11) is 1.66. The van der Waals surface area contributed by atoms with Crippen molar-refractivity contribution in [3.8, 4) is 0 Å². The number of rotatable bonds is 9. The van der Waals surface area contributed by atoms with Crippen LogP contribution in [0.15, 0.2) is 0 Å². The number of methoxy groups -OCH3 is 1. The van der Waals surface area contributed by atoms with Crippen LogP contribution in [0.5, 0.6) is 0 Å². The number of nitrogens with one attached hydrogen (secondary N) is 1. The van der Waals surface area contributed by atoms with E-state index in [-0.39, 0.29) is 18.1 Å². The molecule has 0 aromatic carbocycles. The number of ether oxygens (including phenoxy) is 2. The first-order valence-corrected chi connectivity index (χ1v) is 6.84. The zero-order valence-electron chi connectivity index (χ0n) is 11.8. The highest BCUT2D eigenvalue weighted by atomic mass is 16.5. The van der Waals surface area contributed by atoms with Gasteiger partial charge in [-0.25, -0.2) is 0 Å². The Bertz CT molecular complexity index is 248. The van der Waals surface area contributed by atoms with Crippen LogP contribution in [0, 0.1) is 0 Å². The van der Waals surface area contributed by atoms with E-state index in [1.54, 1.807) is 7.11 Å². The quantitative estimate of drug-likeness (QED) is 0.627. The first-order chi connectivity index (χ1) is 8.70. The number of nitrogens with zero attached hydrogens (tertiary/aromatic N) is 1. The molecule has 5 nitrogen and oxygen atoms in total. The van der Waals surface area contributed by atoms with Gasteiger partial charge in [-0.1, -0.05) is 13.3 Å². The molecule has 106 valence electrons. The number of carbonyl (C=O) groups excluding carboxylic acids is 1. The first kappa shape index (κ1) is 15.4. The third kappa shape index (κ3) is 4.55. The molecule has 5 heteroatoms. The molecule has 0 spiro atoms. The maximum Gasteiger partial charge on any atom is 0.240 e. The summed E-state index contributed by atoms with van der Waals surface area (Å²) in [5.74, 6) is 0.213. The molecule has 0 aromatic heterocycles. The maximum absolute atomic E-state index is 12.0. The lowest BCUT2D eigenvalue weighted by Gasteiger charge is -2.23. The highest BCUT2D eigenvalue weighted by Crippen LogP contribution is 2.15. The number of carbonyl (C=O) groups is 1. The molecule has 1 heterocycles. The van der Waals surface area contributed by atoms with Crippen LogP contribution in [-0.4, -0.2) is 56.5 Å². The number of amides is 1. The Balaban J connectivity index is 2.23. The normalized spacial score (nSPS) is 23.9. The van der Waals surface area contributed by atoms with Gasteiger partial charge in [0.1, 0.15) is 0 Å². The first-order valence-electron chi connectivity index (χ1n) is 6.84. The highest BCUT2D eigenvalue weighted by molar-refractivity contribution is 5.83. The summed E-state index contributed by atoms with van der Waals surface area (Å²) in [5, 5.41) is 3.33. The molecule has 2 atom stereocenters. The van der Waals surface area contributed by atoms with Gasteiger partial charge in [0, 0.05) is 20.3 Å². The van der Waals surface area contributed by atoms with E-state index in [2.05, 4.69) is 12.2 Å². The van der Waals surface area contributed by atoms with Crippen molar-refractivity contribution in [2.75, 3.05) is 33.5 Å². The van der Waals surface area contributed by atoms with Gasteiger partial charge in [-0.2, -0.15) is 0 Å². The van der Waals surface area contributed by atoms with Crippen molar-refractivity contribution in [1.82, 2.24) is 10.2 Å². The Labute approximate surface area is 110 Å². The largest absolute Gasteiger partial charge is 0.382 e. The minimum Gasteiger partial charge on any atom is -0.382 e. The Morgan fingerprint density at radius 3 is 2.78 bits per heavy atom. The molecular formula is C13H26N2O3. The van der Waals surface area contributed by atoms with E-state index < -0.39 is 0 Å². The van der Waals surface area contributed by atoms with Gasteiger partial charge < -0.3 is 14.4 Å². The molecule has 0 saturated carbocycles. The predicted octanol–water partition coefficient (Wildman–Crippen LogP) is 0.986. The monoisotopic (exact) mass is 258 g/mol. The van der Waals surface area contributed by atoms with Gasteiger partial charge in [0.2, 0.25) is 5.91 Å². The Morgan fingerprint density at radius 1 is 1.33 bits per heavy atom. The van der Waals surface area contributed by atoms with Crippen molar-refractivity contribution in [3.63, 3.8) is 0 Å². The molecular weight excluding hydrogens is 232 g/mol. The summed E-state index contributed by atoms with van der Waals surface area (Å²) >= 11 is 0. The predicted molar refractivity (Wildman–Crippen MR) is 70.3 cm³/mol. The Hall–Kier alpha value is -0.650. The fourth-order valence-electron chi connectivity index (χ4n) is 2.21. The van der Waals surface area contributed by atoms with Crippen LogP contribution in [-0.2, 0) is 14.3 Å². The summed E-state index contributed by atoms with van der Waals surface area (Å²) in [6.07, 6.45) is 3.18. The van der Waals surface area contributed by atoms with Gasteiger partial charge in [0.05, 0.1) is 25.4 Å². The van der Waals surface area contributed by atoms with Crippen LogP contribution in [0.1, 0.15) is 33.1 Å². The van der Waals surface area contributed by atoms with Crippen LogP contribution in [0.3, 0.4) is 0 Å². The molecule has 1 aliphatic heterocycles. The third-order valence-corrected chi connectivity index (χ3v) is 3.15. The van der Waals surface area contributed by atoms with Crippen LogP contribution in [0.2, 0.25) is 0 Å². The molecule has 2 unspecified atom stereocenters. The van der Waals surface area contributed by atoms with Crippen LogP contribution >= 0.6 is 0 Å². The second-order valence-electron chi connectivity index (χ2n) is 4.68. The zero-order valence-corrected chi connectivity index (χ0v) is 11.8. The van der Waals surface area contributed by atoms with Gasteiger partial charge in [-0.3, -0.25) is 10.1 Å². The summed E-state index contributed by atoms with van der Waals surface area (Å²) in [6.45, 7) is 6.77. The molecule has 0 bridgehead atoms. The van der Waals surface area contributed by atoms with E-state index in [1.165, 1.54) is 0 Å². The van der Waals surface area contributed by atoms with Crippen LogP contribution < -0.4 is 5.32 Å². The van der Waals surface area contributed by atoms with Crippen molar-refractivity contribution in [1.29, 1.82) is 0 Å². The van der Waals surface area contributed by atoms with E-state index in [1.807, 2.05) is 11.8 Å². The number of hydrogen-bond acceptors (Lipinski definition) is 4. The summed E-state index contributed by atoms with van der Waals surface area (Å²) in [5.41, 5.74) is 0. The van der Waals surface area contributed by atoms with E-state index in [0.29, 0.717) is 19.8 Å². The van der Waals surface area contributed by atoms with Gasteiger partial charge in [0.25, 0.3) is 0 Å². The molecule has 1 rings (SSSR count). The van der Waals surface area contributed by atoms with Crippen molar-refractivity contribution < 1.29 is 14.3 Å². The second-order valence-corrected chi connectivity index (χ2v) is 4.68. The minimum absolute atomic E-state index is 0.0454. The molecule has 18 heavy (non-hydrogen) atoms. The maximum atomic E-state index is 12.0. The van der Waals surface area contributed by atoms with Gasteiger partial charge in [0.15, 0.2) is 0 Å². The Morgan fingerprint density at radius 2 is 2.11 bits per heavy atom. The zero-order chi connectivity index (χ0) is 13.4. The number of hydrogen-bond donors (Lipinski definition) is 1. The molecule has 1 aliphatic rings. The second kappa shape index (κ2) is 8.45. The average molecular weight is 258 g/mol. The molecule has 1 amide bonds. The fourth-order valence-corrected chi connectivity index (χ4v) is 2.21. The van der Waals surface area contributed by atoms with Crippen LogP contribution in [0.4, 0.5) is 0 Å². The van der Waals surface area contributed by atoms with E-state index in [0.717, 1.165) is 25.8 Å². The molecule has 1 saturated heterocycles. The third-order valence-electron chi connectivity index (χ3n) is 3.15. The summed E-state index contributed by atoms with van der Waals surface area (Å²) in [6, 6.07) is -0.0454. The fraction of sp³-hybridized carbons (Fsp3) is 0.923. The standard InChI is InChI=1S/C13H26N2O3/c1-4-6-12-14-11(2)13(16)15(12)7-5-8-18-10-9-17-3/h11-12,14H,4-10H2,1-3H3. The van der Waals surface area contributed by atoms with Gasteiger partial charge in [-0.15, -0.1) is 0 Å². The summed E-state index contributed by atoms with van der Waals surface area (Å²) in [4.78, 5) is 13.9. The van der Waals surface area contributed by atoms with Gasteiger partial charge in [-0.05, 0) is 19.8 Å². The van der Waals surface area contributed by atoms with E-state index in [4.69, 9.17) is 9.47 Å². The van der Waals surface area contributed by atoms with Crippen molar-refractivity contribution in [2.45, 2.75) is 45.3 Å². The highest BCUT2D eigenvalue weighted by Gasteiger charge is 2.34. The van der Waals surface area contributed by atoms with Gasteiger partial charge >= 0.3 is 0 Å². The molecule has 0 radical (unpaired) electrons.